The van der Waals surface area contributed by atoms with Crippen molar-refractivity contribution in [1.82, 2.24) is 19.6 Å². The maximum atomic E-state index is 13.3. The minimum atomic E-state index is -4.47. The third-order valence-corrected chi connectivity index (χ3v) is 6.02. The molecule has 10 nitrogen and oxygen atoms in total. The molecule has 0 bridgehead atoms. The summed E-state index contributed by atoms with van der Waals surface area (Å²) in [6.45, 7) is 7.65. The first-order valence-corrected chi connectivity index (χ1v) is 12.6. The Kier molecular flexibility index (Phi) is 7.95. The summed E-state index contributed by atoms with van der Waals surface area (Å²) in [6, 6.07) is 5.11. The number of hydrogen-bond acceptors (Lipinski definition) is 7. The average molecular weight is 513 g/mol. The summed E-state index contributed by atoms with van der Waals surface area (Å²) in [6.07, 6.45) is -1.56. The number of hydrogen-bond donors (Lipinski definition) is 2. The number of anilines is 1. The van der Waals surface area contributed by atoms with Gasteiger partial charge in [-0.2, -0.15) is 23.4 Å². The van der Waals surface area contributed by atoms with Gasteiger partial charge in [-0.3, -0.25) is 15.0 Å². The Balaban J connectivity index is 1.70. The maximum absolute atomic E-state index is 13.3. The Labute approximate surface area is 201 Å². The van der Waals surface area contributed by atoms with Gasteiger partial charge < -0.3 is 4.90 Å². The van der Waals surface area contributed by atoms with E-state index < -0.39 is 21.8 Å². The van der Waals surface area contributed by atoms with E-state index in [2.05, 4.69) is 31.6 Å². The molecule has 1 saturated heterocycles. The van der Waals surface area contributed by atoms with Gasteiger partial charge in [0, 0.05) is 57.3 Å². The van der Waals surface area contributed by atoms with Crippen molar-refractivity contribution >= 4 is 34.2 Å². The summed E-state index contributed by atoms with van der Waals surface area (Å²) in [5, 5.41) is 19.9. The van der Waals surface area contributed by atoms with Crippen LogP contribution in [-0.2, 0) is 22.7 Å². The number of alkyl halides is 3. The molecule has 0 spiro atoms. The number of benzene rings is 1. The Morgan fingerprint density at radius 2 is 1.91 bits per heavy atom. The van der Waals surface area contributed by atoms with Gasteiger partial charge in [-0.05, 0) is 24.1 Å². The maximum Gasteiger partial charge on any atom is 0.416 e. The molecule has 2 N–H and O–H groups in total. The van der Waals surface area contributed by atoms with Crippen molar-refractivity contribution in [3.8, 4) is 0 Å². The quantitative estimate of drug-likeness (QED) is 0.336. The van der Waals surface area contributed by atoms with E-state index in [1.165, 1.54) is 23.0 Å². The number of rotatable bonds is 7. The molecule has 0 saturated carbocycles. The van der Waals surface area contributed by atoms with Gasteiger partial charge in [-0.1, -0.05) is 13.0 Å². The van der Waals surface area contributed by atoms with E-state index in [9.17, 15) is 21.6 Å². The van der Waals surface area contributed by atoms with Crippen LogP contribution in [0.15, 0.2) is 40.7 Å². The predicted molar refractivity (Wildman–Crippen MR) is 128 cm³/mol. The SMILES string of the molecule is C=N/N=C(\CC)c1cc(C(F)(F)F)ccc1CN1CCN(C(=N)n2ccc(NS(C)(=O)=O)n2)CC1. The number of halogens is 3. The first kappa shape index (κ1) is 26.3. The normalized spacial score (nSPS) is 15.8. The fourth-order valence-corrected chi connectivity index (χ4v) is 4.24. The molecule has 0 atom stereocenters. The lowest BCUT2D eigenvalue weighted by Crippen LogP contribution is -2.50. The highest BCUT2D eigenvalue weighted by atomic mass is 32.2. The first-order chi connectivity index (χ1) is 16.4. The van der Waals surface area contributed by atoms with Crippen LogP contribution in [0.3, 0.4) is 0 Å². The van der Waals surface area contributed by atoms with E-state index in [0.717, 1.165) is 18.4 Å². The van der Waals surface area contributed by atoms with E-state index in [-0.39, 0.29) is 11.8 Å². The van der Waals surface area contributed by atoms with Crippen molar-refractivity contribution in [3.05, 3.63) is 47.2 Å². The molecular weight excluding hydrogens is 485 g/mol. The smallest absolute Gasteiger partial charge is 0.339 e. The molecule has 1 aromatic carbocycles. The van der Waals surface area contributed by atoms with Gasteiger partial charge in [0.25, 0.3) is 0 Å². The van der Waals surface area contributed by atoms with E-state index in [1.807, 2.05) is 0 Å². The minimum Gasteiger partial charge on any atom is -0.339 e. The number of piperazine rings is 1. The zero-order valence-electron chi connectivity index (χ0n) is 19.4. The van der Waals surface area contributed by atoms with Gasteiger partial charge in [0.2, 0.25) is 16.0 Å². The molecule has 1 aromatic heterocycles. The Bertz CT molecular complexity index is 1220. The van der Waals surface area contributed by atoms with E-state index in [4.69, 9.17) is 5.41 Å². The van der Waals surface area contributed by atoms with Crippen LogP contribution in [0.25, 0.3) is 0 Å². The second-order valence-electron chi connectivity index (χ2n) is 8.02. The number of sulfonamides is 1. The van der Waals surface area contributed by atoms with Crippen molar-refractivity contribution in [1.29, 1.82) is 5.41 Å². The molecule has 0 amide bonds. The van der Waals surface area contributed by atoms with Gasteiger partial charge in [-0.15, -0.1) is 5.10 Å². The first-order valence-electron chi connectivity index (χ1n) is 10.7. The molecule has 0 aliphatic carbocycles. The molecule has 3 rings (SSSR count). The van der Waals surface area contributed by atoms with Crippen molar-refractivity contribution in [2.45, 2.75) is 26.1 Å². The molecule has 1 aliphatic heterocycles. The lowest BCUT2D eigenvalue weighted by molar-refractivity contribution is -0.137. The summed E-state index contributed by atoms with van der Waals surface area (Å²) in [5.74, 6) is 0.215. The second kappa shape index (κ2) is 10.6. The van der Waals surface area contributed by atoms with Crippen LogP contribution in [-0.4, -0.2) is 78.8 Å². The fourth-order valence-electron chi connectivity index (χ4n) is 3.75. The van der Waals surface area contributed by atoms with Crippen LogP contribution < -0.4 is 4.72 Å². The summed E-state index contributed by atoms with van der Waals surface area (Å²) < 4.78 is 66.2. The minimum absolute atomic E-state index is 0.0962. The lowest BCUT2D eigenvalue weighted by atomic mass is 9.97. The zero-order valence-corrected chi connectivity index (χ0v) is 20.2. The van der Waals surface area contributed by atoms with E-state index >= 15 is 0 Å². The Morgan fingerprint density at radius 3 is 2.49 bits per heavy atom. The molecule has 0 radical (unpaired) electrons. The van der Waals surface area contributed by atoms with Crippen LogP contribution in [0.4, 0.5) is 19.0 Å². The lowest BCUT2D eigenvalue weighted by Gasteiger charge is -2.36. The van der Waals surface area contributed by atoms with Crippen molar-refractivity contribution in [3.63, 3.8) is 0 Å². The van der Waals surface area contributed by atoms with E-state index in [0.29, 0.717) is 56.0 Å². The Hall–Kier alpha value is -3.26. The number of nitrogens with one attached hydrogen (secondary N) is 2. The average Bonchev–Trinajstić information content (AvgIpc) is 3.24. The summed E-state index contributed by atoms with van der Waals surface area (Å²) in [7, 11) is -3.47. The molecule has 14 heteroatoms. The van der Waals surface area contributed by atoms with Crippen molar-refractivity contribution in [2.75, 3.05) is 37.2 Å². The predicted octanol–water partition coefficient (Wildman–Crippen LogP) is 2.69. The van der Waals surface area contributed by atoms with Crippen molar-refractivity contribution < 1.29 is 21.6 Å². The highest BCUT2D eigenvalue weighted by Gasteiger charge is 2.32. The van der Waals surface area contributed by atoms with Gasteiger partial charge in [0.1, 0.15) is 0 Å². The largest absolute Gasteiger partial charge is 0.416 e. The fraction of sp³-hybridized carbons (Fsp3) is 0.429. The van der Waals surface area contributed by atoms with Crippen molar-refractivity contribution in [2.24, 2.45) is 10.2 Å². The monoisotopic (exact) mass is 512 g/mol. The molecule has 1 fully saturated rings. The standard InChI is InChI=1S/C21H27F3N8O2S/c1-4-18(27-26-2)17-13-16(21(22,23)24)6-5-15(17)14-30-9-11-31(12-10-30)20(25)32-8-7-19(28-32)29-35(3,33)34/h5-8,13,25H,2,4,9-12,14H2,1,3H3,(H,28,29)/b25-20?,27-18+. The van der Waals surface area contributed by atoms with Crippen LogP contribution in [0.1, 0.15) is 30.0 Å². The molecule has 190 valence electrons. The zero-order chi connectivity index (χ0) is 25.8. The van der Waals surface area contributed by atoms with E-state index in [1.54, 1.807) is 11.8 Å². The van der Waals surface area contributed by atoms with Crippen LogP contribution >= 0.6 is 0 Å². The molecular formula is C21H27F3N8O2S. The topological polar surface area (TPSA) is 119 Å². The van der Waals surface area contributed by atoms with Crippen LogP contribution in [0, 0.1) is 5.41 Å². The van der Waals surface area contributed by atoms with Gasteiger partial charge in [-0.25, -0.2) is 13.1 Å². The third kappa shape index (κ3) is 6.88. The van der Waals surface area contributed by atoms with Crippen LogP contribution in [0.5, 0.6) is 0 Å². The summed E-state index contributed by atoms with van der Waals surface area (Å²) in [4.78, 5) is 3.88. The Morgan fingerprint density at radius 1 is 1.23 bits per heavy atom. The summed E-state index contributed by atoms with van der Waals surface area (Å²) in [5.41, 5.74) is 0.782. The molecule has 2 heterocycles. The van der Waals surface area contributed by atoms with Crippen LogP contribution in [0.2, 0.25) is 0 Å². The summed E-state index contributed by atoms with van der Waals surface area (Å²) >= 11 is 0. The van der Waals surface area contributed by atoms with Gasteiger partial charge in [0.15, 0.2) is 5.82 Å². The molecule has 35 heavy (non-hydrogen) atoms. The molecule has 1 aliphatic rings. The molecule has 0 unspecified atom stereocenters. The highest BCUT2D eigenvalue weighted by Crippen LogP contribution is 2.31. The van der Waals surface area contributed by atoms with Gasteiger partial charge in [0.05, 0.1) is 17.5 Å². The molecule has 2 aromatic rings. The van der Waals surface area contributed by atoms with Gasteiger partial charge >= 0.3 is 6.18 Å². The highest BCUT2D eigenvalue weighted by molar-refractivity contribution is 7.92. The number of nitrogens with zero attached hydrogens (tertiary/aromatic N) is 6. The number of aromatic nitrogens is 2. The third-order valence-electron chi connectivity index (χ3n) is 5.44. The second-order valence-corrected chi connectivity index (χ2v) is 9.77.